The molecule has 0 radical (unpaired) electrons. The van der Waals surface area contributed by atoms with Crippen molar-refractivity contribution in [2.75, 3.05) is 25.0 Å². The van der Waals surface area contributed by atoms with Gasteiger partial charge < -0.3 is 15.8 Å². The summed E-state index contributed by atoms with van der Waals surface area (Å²) in [5.74, 6) is 0.489. The lowest BCUT2D eigenvalue weighted by atomic mass is 10.4. The summed E-state index contributed by atoms with van der Waals surface area (Å²) in [7, 11) is -3.67. The number of hydrogen-bond donors (Lipinski definition) is 3. The highest BCUT2D eigenvalue weighted by Crippen LogP contribution is 2.12. The van der Waals surface area contributed by atoms with Crippen LogP contribution in [-0.4, -0.2) is 39.2 Å². The second-order valence-corrected chi connectivity index (χ2v) is 5.64. The maximum Gasteiger partial charge on any atom is 0.404 e. The fourth-order valence-electron chi connectivity index (χ4n) is 1.34. The third-order valence-electron chi connectivity index (χ3n) is 2.24. The Morgan fingerprint density at radius 2 is 2.20 bits per heavy atom. The zero-order valence-electron chi connectivity index (χ0n) is 11.1. The molecular formula is C11H18N4O4S. The van der Waals surface area contributed by atoms with Gasteiger partial charge in [-0.2, -0.15) is 0 Å². The Bertz CT molecular complexity index is 547. The van der Waals surface area contributed by atoms with Gasteiger partial charge in [0.15, 0.2) is 0 Å². The number of carbonyl (C=O) groups is 1. The van der Waals surface area contributed by atoms with Crippen LogP contribution in [0, 0.1) is 0 Å². The highest BCUT2D eigenvalue weighted by atomic mass is 32.2. The SMILES string of the molecule is CCCNc1cc(S(=O)(=O)NCCOC(N)=O)ccn1. The number of amides is 1. The summed E-state index contributed by atoms with van der Waals surface area (Å²) in [5.41, 5.74) is 4.76. The maximum atomic E-state index is 12.0. The standard InChI is InChI=1S/C11H18N4O4S/c1-2-4-13-10-8-9(3-5-14-10)20(17,18)15-6-7-19-11(12)16/h3,5,8,15H,2,4,6-7H2,1H3,(H2,12,16)(H,13,14). The quantitative estimate of drug-likeness (QED) is 0.592. The second-order valence-electron chi connectivity index (χ2n) is 3.87. The van der Waals surface area contributed by atoms with Crippen LogP contribution in [0.3, 0.4) is 0 Å². The summed E-state index contributed by atoms with van der Waals surface area (Å²) >= 11 is 0. The molecule has 1 rings (SSSR count). The first kappa shape index (κ1) is 16.2. The molecule has 1 heterocycles. The Morgan fingerprint density at radius 3 is 2.85 bits per heavy atom. The van der Waals surface area contributed by atoms with Crippen LogP contribution in [0.1, 0.15) is 13.3 Å². The Labute approximate surface area is 117 Å². The molecule has 0 saturated heterocycles. The van der Waals surface area contributed by atoms with Crippen molar-refractivity contribution in [2.24, 2.45) is 5.73 Å². The predicted molar refractivity (Wildman–Crippen MR) is 73.7 cm³/mol. The van der Waals surface area contributed by atoms with Gasteiger partial charge in [-0.15, -0.1) is 0 Å². The molecule has 0 aromatic carbocycles. The lowest BCUT2D eigenvalue weighted by Crippen LogP contribution is -2.29. The number of anilines is 1. The van der Waals surface area contributed by atoms with E-state index in [0.29, 0.717) is 12.4 Å². The molecule has 0 aliphatic rings. The Kier molecular flexibility index (Phi) is 6.19. The summed E-state index contributed by atoms with van der Waals surface area (Å²) in [6.45, 7) is 2.52. The third-order valence-corrected chi connectivity index (χ3v) is 3.69. The number of pyridine rings is 1. The number of aromatic nitrogens is 1. The van der Waals surface area contributed by atoms with E-state index in [2.05, 4.69) is 19.8 Å². The minimum atomic E-state index is -3.67. The van der Waals surface area contributed by atoms with Gasteiger partial charge in [-0.25, -0.2) is 22.9 Å². The minimum absolute atomic E-state index is 0.0503. The summed E-state index contributed by atoms with van der Waals surface area (Å²) < 4.78 is 30.7. The molecule has 0 atom stereocenters. The van der Waals surface area contributed by atoms with Gasteiger partial charge >= 0.3 is 6.09 Å². The first-order valence-corrected chi connectivity index (χ1v) is 7.56. The van der Waals surface area contributed by atoms with Gasteiger partial charge in [0.25, 0.3) is 0 Å². The van der Waals surface area contributed by atoms with Crippen LogP contribution in [0.5, 0.6) is 0 Å². The van der Waals surface area contributed by atoms with Gasteiger partial charge in [0.1, 0.15) is 12.4 Å². The van der Waals surface area contributed by atoms with Crippen molar-refractivity contribution in [3.8, 4) is 0 Å². The number of primary amides is 1. The Morgan fingerprint density at radius 1 is 1.45 bits per heavy atom. The monoisotopic (exact) mass is 302 g/mol. The van der Waals surface area contributed by atoms with Gasteiger partial charge in [0, 0.05) is 25.4 Å². The number of nitrogens with zero attached hydrogens (tertiary/aromatic N) is 1. The molecule has 1 aromatic rings. The zero-order chi connectivity index (χ0) is 15.0. The highest BCUT2D eigenvalue weighted by Gasteiger charge is 2.14. The molecule has 0 aliphatic carbocycles. The molecule has 0 spiro atoms. The summed E-state index contributed by atoms with van der Waals surface area (Å²) in [6, 6.07) is 2.82. The number of carbonyl (C=O) groups excluding carboxylic acids is 1. The highest BCUT2D eigenvalue weighted by molar-refractivity contribution is 7.89. The van der Waals surface area contributed by atoms with Crippen molar-refractivity contribution >= 4 is 21.9 Å². The summed E-state index contributed by atoms with van der Waals surface area (Å²) in [5, 5.41) is 3.00. The number of rotatable bonds is 8. The fourth-order valence-corrected chi connectivity index (χ4v) is 2.36. The van der Waals surface area contributed by atoms with Crippen LogP contribution < -0.4 is 15.8 Å². The van der Waals surface area contributed by atoms with Crippen molar-refractivity contribution in [1.82, 2.24) is 9.71 Å². The average molecular weight is 302 g/mol. The van der Waals surface area contributed by atoms with E-state index in [1.54, 1.807) is 0 Å². The van der Waals surface area contributed by atoms with Crippen molar-refractivity contribution in [3.05, 3.63) is 18.3 Å². The average Bonchev–Trinajstić information content (AvgIpc) is 2.41. The van der Waals surface area contributed by atoms with Crippen LogP contribution in [0.2, 0.25) is 0 Å². The second kappa shape index (κ2) is 7.65. The molecule has 0 aliphatic heterocycles. The van der Waals surface area contributed by atoms with Gasteiger partial charge in [-0.1, -0.05) is 6.92 Å². The topological polar surface area (TPSA) is 123 Å². The summed E-state index contributed by atoms with van der Waals surface area (Å²) in [6.07, 6.45) is 1.37. The number of ether oxygens (including phenoxy) is 1. The zero-order valence-corrected chi connectivity index (χ0v) is 11.9. The largest absolute Gasteiger partial charge is 0.448 e. The van der Waals surface area contributed by atoms with E-state index in [0.717, 1.165) is 6.42 Å². The molecule has 4 N–H and O–H groups in total. The number of nitrogens with one attached hydrogen (secondary N) is 2. The molecule has 112 valence electrons. The van der Waals surface area contributed by atoms with Crippen molar-refractivity contribution in [1.29, 1.82) is 0 Å². The maximum absolute atomic E-state index is 12.0. The van der Waals surface area contributed by atoms with E-state index < -0.39 is 16.1 Å². The number of nitrogens with two attached hydrogens (primary N) is 1. The molecule has 20 heavy (non-hydrogen) atoms. The van der Waals surface area contributed by atoms with Gasteiger partial charge in [-0.05, 0) is 12.5 Å². The third kappa shape index (κ3) is 5.41. The van der Waals surface area contributed by atoms with E-state index >= 15 is 0 Å². The molecule has 9 heteroatoms. The van der Waals surface area contributed by atoms with Crippen LogP contribution in [0.25, 0.3) is 0 Å². The van der Waals surface area contributed by atoms with E-state index in [4.69, 9.17) is 5.73 Å². The van der Waals surface area contributed by atoms with Gasteiger partial charge in [-0.3, -0.25) is 0 Å². The van der Waals surface area contributed by atoms with Crippen LogP contribution >= 0.6 is 0 Å². The first-order chi connectivity index (χ1) is 9.45. The molecular weight excluding hydrogens is 284 g/mol. The van der Waals surface area contributed by atoms with Crippen molar-refractivity contribution in [3.63, 3.8) is 0 Å². The molecule has 0 fully saturated rings. The normalized spacial score (nSPS) is 11.1. The lowest BCUT2D eigenvalue weighted by molar-refractivity contribution is 0.159. The first-order valence-electron chi connectivity index (χ1n) is 6.07. The van der Waals surface area contributed by atoms with E-state index in [1.165, 1.54) is 18.3 Å². The molecule has 0 bridgehead atoms. The Hall–Kier alpha value is -1.87. The molecule has 0 saturated carbocycles. The molecule has 0 unspecified atom stereocenters. The van der Waals surface area contributed by atoms with Crippen molar-refractivity contribution < 1.29 is 17.9 Å². The van der Waals surface area contributed by atoms with E-state index in [9.17, 15) is 13.2 Å². The number of hydrogen-bond acceptors (Lipinski definition) is 6. The fraction of sp³-hybridized carbons (Fsp3) is 0.455. The molecule has 8 nitrogen and oxygen atoms in total. The summed E-state index contributed by atoms with van der Waals surface area (Å²) in [4.78, 5) is 14.5. The van der Waals surface area contributed by atoms with Crippen LogP contribution in [0.4, 0.5) is 10.6 Å². The number of sulfonamides is 1. The Balaban J connectivity index is 2.64. The smallest absolute Gasteiger partial charge is 0.404 e. The van der Waals surface area contributed by atoms with Crippen molar-refractivity contribution in [2.45, 2.75) is 18.2 Å². The molecule has 1 amide bonds. The van der Waals surface area contributed by atoms with E-state index in [1.807, 2.05) is 6.92 Å². The molecule has 1 aromatic heterocycles. The lowest BCUT2D eigenvalue weighted by Gasteiger charge is -2.08. The van der Waals surface area contributed by atoms with Gasteiger partial charge in [0.2, 0.25) is 10.0 Å². The van der Waals surface area contributed by atoms with Crippen LogP contribution in [-0.2, 0) is 14.8 Å². The minimum Gasteiger partial charge on any atom is -0.448 e. The van der Waals surface area contributed by atoms with Crippen LogP contribution in [0.15, 0.2) is 23.2 Å². The van der Waals surface area contributed by atoms with Gasteiger partial charge in [0.05, 0.1) is 4.90 Å². The van der Waals surface area contributed by atoms with E-state index in [-0.39, 0.29) is 18.0 Å². The predicted octanol–water partition coefficient (Wildman–Crippen LogP) is 0.277.